The summed E-state index contributed by atoms with van der Waals surface area (Å²) in [5.41, 5.74) is 0.175. The highest BCUT2D eigenvalue weighted by Crippen LogP contribution is 2.39. The second kappa shape index (κ2) is 13.6. The first kappa shape index (κ1) is 30.0. The molecule has 0 radical (unpaired) electrons. The van der Waals surface area contributed by atoms with E-state index in [0.717, 1.165) is 69.5 Å². The zero-order chi connectivity index (χ0) is 28.0. The molecule has 1 amide bonds. The van der Waals surface area contributed by atoms with E-state index in [9.17, 15) is 19.8 Å². The second-order valence-corrected chi connectivity index (χ2v) is 13.4. The first-order chi connectivity index (χ1) is 18.6. The van der Waals surface area contributed by atoms with E-state index in [4.69, 9.17) is 9.47 Å². The minimum Gasteiger partial charge on any atom is -0.477 e. The Morgan fingerprint density at radius 3 is 2.38 bits per heavy atom. The van der Waals surface area contributed by atoms with Gasteiger partial charge in [-0.05, 0) is 96.5 Å². The second-order valence-electron chi connectivity index (χ2n) is 12.3. The molecule has 0 atom stereocenters. The molecule has 1 aromatic heterocycles. The van der Waals surface area contributed by atoms with Crippen molar-refractivity contribution in [3.63, 3.8) is 0 Å². The fourth-order valence-corrected chi connectivity index (χ4v) is 6.75. The van der Waals surface area contributed by atoms with E-state index in [1.165, 1.54) is 0 Å². The minimum atomic E-state index is -1.03. The van der Waals surface area contributed by atoms with Crippen molar-refractivity contribution in [2.24, 2.45) is 17.3 Å². The molecule has 1 aliphatic heterocycles. The third kappa shape index (κ3) is 8.29. The van der Waals surface area contributed by atoms with Gasteiger partial charge in [-0.25, -0.2) is 4.79 Å². The Bertz CT molecular complexity index is 1030. The van der Waals surface area contributed by atoms with Crippen LogP contribution in [0.3, 0.4) is 0 Å². The fourth-order valence-electron chi connectivity index (χ4n) is 5.91. The van der Waals surface area contributed by atoms with Crippen molar-refractivity contribution in [3.8, 4) is 11.8 Å². The van der Waals surface area contributed by atoms with Crippen molar-refractivity contribution in [1.82, 2.24) is 0 Å². The van der Waals surface area contributed by atoms with Crippen LogP contribution >= 0.6 is 11.3 Å². The number of aliphatic hydroxyl groups is 1. The zero-order valence-electron chi connectivity index (χ0n) is 23.7. The Kier molecular flexibility index (Phi) is 10.5. The van der Waals surface area contributed by atoms with Crippen LogP contribution in [0, 0.1) is 29.1 Å². The molecule has 2 saturated carbocycles. The number of carbonyl (C=O) groups is 2. The molecule has 2 N–H and O–H groups in total. The minimum absolute atomic E-state index is 0.0358. The Balaban J connectivity index is 1.53. The highest BCUT2D eigenvalue weighted by Gasteiger charge is 2.37. The number of nitrogens with zero attached hydrogens (tertiary/aromatic N) is 1. The molecule has 4 rings (SSSR count). The molecule has 2 heterocycles. The van der Waals surface area contributed by atoms with Crippen LogP contribution in [-0.2, 0) is 14.3 Å². The molecule has 1 aromatic rings. The van der Waals surface area contributed by atoms with Crippen LogP contribution in [0.4, 0.5) is 5.69 Å². The standard InChI is InChI=1S/C31H45NO6S/c1-21-4-6-22(7-5-21)29(34)32(23-8-10-24(33)11-9-23)27-20-26(39-28(27)30(35)36)12-15-31(2,3)16-19-38-25-13-17-37-18-14-25/h20-25,33H,4-11,13-14,16-19H2,1-3H3,(H,35,36). The average molecular weight is 560 g/mol. The molecule has 216 valence electrons. The van der Waals surface area contributed by atoms with E-state index < -0.39 is 5.97 Å². The summed E-state index contributed by atoms with van der Waals surface area (Å²) in [5, 5.41) is 20.2. The predicted octanol–water partition coefficient (Wildman–Crippen LogP) is 5.87. The molecular formula is C31H45NO6S. The number of anilines is 1. The first-order valence-corrected chi connectivity index (χ1v) is 15.6. The summed E-state index contributed by atoms with van der Waals surface area (Å²) in [5.74, 6) is 6.11. The maximum Gasteiger partial charge on any atom is 0.348 e. The van der Waals surface area contributed by atoms with Crippen LogP contribution < -0.4 is 4.90 Å². The zero-order valence-corrected chi connectivity index (χ0v) is 24.6. The van der Waals surface area contributed by atoms with Crippen molar-refractivity contribution >= 4 is 28.9 Å². The van der Waals surface area contributed by atoms with Crippen LogP contribution in [0.1, 0.15) is 106 Å². The molecule has 3 fully saturated rings. The number of rotatable bonds is 8. The van der Waals surface area contributed by atoms with E-state index in [2.05, 4.69) is 32.6 Å². The van der Waals surface area contributed by atoms with E-state index in [1.54, 1.807) is 4.90 Å². The molecule has 0 spiro atoms. The number of carbonyl (C=O) groups excluding carboxylic acids is 1. The molecule has 0 unspecified atom stereocenters. The molecule has 3 aliphatic rings. The van der Waals surface area contributed by atoms with Crippen molar-refractivity contribution < 1.29 is 29.3 Å². The smallest absolute Gasteiger partial charge is 0.348 e. The van der Waals surface area contributed by atoms with Gasteiger partial charge >= 0.3 is 5.97 Å². The van der Waals surface area contributed by atoms with Crippen molar-refractivity contribution in [2.75, 3.05) is 24.7 Å². The van der Waals surface area contributed by atoms with Gasteiger partial charge in [0.25, 0.3) is 0 Å². The summed E-state index contributed by atoms with van der Waals surface area (Å²) >= 11 is 1.15. The van der Waals surface area contributed by atoms with E-state index in [0.29, 0.717) is 48.8 Å². The van der Waals surface area contributed by atoms with E-state index in [1.807, 2.05) is 6.07 Å². The number of hydrogen-bond donors (Lipinski definition) is 2. The van der Waals surface area contributed by atoms with E-state index in [-0.39, 0.29) is 40.4 Å². The summed E-state index contributed by atoms with van der Waals surface area (Å²) in [6.07, 6.45) is 8.85. The lowest BCUT2D eigenvalue weighted by atomic mass is 9.81. The summed E-state index contributed by atoms with van der Waals surface area (Å²) in [7, 11) is 0. The molecule has 39 heavy (non-hydrogen) atoms. The Morgan fingerprint density at radius 1 is 1.08 bits per heavy atom. The Hall–Kier alpha value is -1.92. The van der Waals surface area contributed by atoms with Crippen molar-refractivity contribution in [3.05, 3.63) is 15.8 Å². The number of thiophene rings is 1. The summed E-state index contributed by atoms with van der Waals surface area (Å²) in [6.45, 7) is 8.51. The maximum atomic E-state index is 14.0. The van der Waals surface area contributed by atoms with Crippen molar-refractivity contribution in [2.45, 2.75) is 110 Å². The first-order valence-electron chi connectivity index (χ1n) is 14.7. The van der Waals surface area contributed by atoms with Gasteiger partial charge in [-0.2, -0.15) is 0 Å². The van der Waals surface area contributed by atoms with Gasteiger partial charge in [-0.3, -0.25) is 4.79 Å². The fraction of sp³-hybridized carbons (Fsp3) is 0.742. The Morgan fingerprint density at radius 2 is 1.74 bits per heavy atom. The summed E-state index contributed by atoms with van der Waals surface area (Å²) in [4.78, 5) is 28.9. The van der Waals surface area contributed by atoms with Gasteiger partial charge in [-0.15, -0.1) is 11.3 Å². The van der Waals surface area contributed by atoms with Gasteiger partial charge in [0.1, 0.15) is 4.88 Å². The van der Waals surface area contributed by atoms with Crippen molar-refractivity contribution in [1.29, 1.82) is 0 Å². The number of aromatic carboxylic acids is 1. The monoisotopic (exact) mass is 559 g/mol. The number of hydrogen-bond acceptors (Lipinski definition) is 6. The quantitative estimate of drug-likeness (QED) is 0.387. The number of ether oxygens (including phenoxy) is 2. The third-order valence-corrected chi connectivity index (χ3v) is 9.60. The van der Waals surface area contributed by atoms with Gasteiger partial charge in [0.05, 0.1) is 22.8 Å². The van der Waals surface area contributed by atoms with Gasteiger partial charge in [0, 0.05) is 37.2 Å². The number of amides is 1. The third-order valence-electron chi connectivity index (χ3n) is 8.57. The average Bonchev–Trinajstić information content (AvgIpc) is 3.34. The van der Waals surface area contributed by atoms with Gasteiger partial charge in [0.15, 0.2) is 0 Å². The highest BCUT2D eigenvalue weighted by atomic mass is 32.1. The number of carboxylic acid groups (broad SMARTS) is 1. The number of aliphatic hydroxyl groups excluding tert-OH is 1. The molecular weight excluding hydrogens is 514 g/mol. The van der Waals surface area contributed by atoms with Crippen LogP contribution in [-0.4, -0.2) is 60.2 Å². The lowest BCUT2D eigenvalue weighted by molar-refractivity contribution is -0.124. The normalized spacial score (nSPS) is 26.5. The molecule has 7 nitrogen and oxygen atoms in total. The predicted molar refractivity (Wildman–Crippen MR) is 153 cm³/mol. The van der Waals surface area contributed by atoms with Crippen LogP contribution in [0.25, 0.3) is 0 Å². The largest absolute Gasteiger partial charge is 0.477 e. The van der Waals surface area contributed by atoms with Gasteiger partial charge in [-0.1, -0.05) is 18.8 Å². The molecule has 0 bridgehead atoms. The van der Waals surface area contributed by atoms with Crippen LogP contribution in [0.2, 0.25) is 0 Å². The SMILES string of the molecule is CC1CCC(C(=O)N(c2cc(C#CC(C)(C)CCOC3CCOCC3)sc2C(=O)O)C2CCC(O)CC2)CC1. The Labute approximate surface area is 237 Å². The lowest BCUT2D eigenvalue weighted by Crippen LogP contribution is -2.47. The lowest BCUT2D eigenvalue weighted by Gasteiger charge is -2.38. The van der Waals surface area contributed by atoms with Gasteiger partial charge < -0.3 is 24.6 Å². The van der Waals surface area contributed by atoms with Crippen LogP contribution in [0.5, 0.6) is 0 Å². The molecule has 8 heteroatoms. The topological polar surface area (TPSA) is 96.3 Å². The molecule has 1 saturated heterocycles. The van der Waals surface area contributed by atoms with E-state index >= 15 is 0 Å². The summed E-state index contributed by atoms with van der Waals surface area (Å²) in [6, 6.07) is 1.71. The van der Waals surface area contributed by atoms with Gasteiger partial charge in [0.2, 0.25) is 5.91 Å². The summed E-state index contributed by atoms with van der Waals surface area (Å²) < 4.78 is 11.4. The maximum absolute atomic E-state index is 14.0. The molecule has 0 aromatic carbocycles. The number of carboxylic acids is 1. The van der Waals surface area contributed by atoms with Crippen LogP contribution in [0.15, 0.2) is 6.07 Å². The molecule has 2 aliphatic carbocycles. The highest BCUT2D eigenvalue weighted by molar-refractivity contribution is 7.15.